The van der Waals surface area contributed by atoms with Crippen molar-refractivity contribution in [2.75, 3.05) is 13.6 Å². The van der Waals surface area contributed by atoms with E-state index in [0.717, 1.165) is 5.56 Å². The molecule has 0 fully saturated rings. The summed E-state index contributed by atoms with van der Waals surface area (Å²) in [6.45, 7) is -2.21. The number of carbonyl (C=O) groups is 1. The molecule has 28 heavy (non-hydrogen) atoms. The molecule has 3 N–H and O–H groups in total. The Kier molecular flexibility index (Phi) is 10.8. The molecule has 2 aromatic carbocycles. The van der Waals surface area contributed by atoms with Crippen LogP contribution >= 0.6 is 24.0 Å². The van der Waals surface area contributed by atoms with Crippen LogP contribution in [0.5, 0.6) is 5.75 Å². The number of guanidine groups is 1. The van der Waals surface area contributed by atoms with Gasteiger partial charge < -0.3 is 20.7 Å². The number of halogens is 3. The van der Waals surface area contributed by atoms with E-state index in [2.05, 4.69) is 25.7 Å². The van der Waals surface area contributed by atoms with Gasteiger partial charge in [-0.15, -0.1) is 24.0 Å². The van der Waals surface area contributed by atoms with Crippen LogP contribution < -0.4 is 20.7 Å². The third-order valence-electron chi connectivity index (χ3n) is 3.61. The third kappa shape index (κ3) is 8.51. The zero-order valence-electron chi connectivity index (χ0n) is 15.3. The summed E-state index contributed by atoms with van der Waals surface area (Å²) >= 11 is 0. The summed E-state index contributed by atoms with van der Waals surface area (Å²) in [6.07, 6.45) is 0. The van der Waals surface area contributed by atoms with Crippen molar-refractivity contribution in [1.29, 1.82) is 0 Å². The van der Waals surface area contributed by atoms with Crippen LogP contribution in [-0.2, 0) is 17.9 Å². The van der Waals surface area contributed by atoms with E-state index in [1.807, 2.05) is 30.3 Å². The second-order valence-electron chi connectivity index (χ2n) is 5.53. The second-order valence-corrected chi connectivity index (χ2v) is 5.53. The molecule has 152 valence electrons. The first kappa shape index (κ1) is 23.6. The molecule has 0 saturated heterocycles. The number of hydrogen-bond acceptors (Lipinski definition) is 3. The Hall–Kier alpha value is -2.43. The molecule has 0 atom stereocenters. The Morgan fingerprint density at radius 1 is 1.00 bits per heavy atom. The van der Waals surface area contributed by atoms with Gasteiger partial charge in [0.05, 0.1) is 6.54 Å². The minimum atomic E-state index is -2.89. The van der Waals surface area contributed by atoms with Gasteiger partial charge in [0.2, 0.25) is 5.91 Å². The lowest BCUT2D eigenvalue weighted by Crippen LogP contribution is -2.42. The van der Waals surface area contributed by atoms with E-state index in [-0.39, 0.29) is 48.7 Å². The monoisotopic (exact) mass is 504 g/mol. The largest absolute Gasteiger partial charge is 0.434 e. The quantitative estimate of drug-likeness (QED) is 0.294. The van der Waals surface area contributed by atoms with Crippen LogP contribution in [0.15, 0.2) is 59.6 Å². The summed E-state index contributed by atoms with van der Waals surface area (Å²) in [5.41, 5.74) is 1.55. The van der Waals surface area contributed by atoms with Crippen molar-refractivity contribution in [3.05, 3.63) is 65.7 Å². The van der Waals surface area contributed by atoms with Crippen molar-refractivity contribution in [2.45, 2.75) is 19.7 Å². The van der Waals surface area contributed by atoms with E-state index in [1.54, 1.807) is 25.2 Å². The molecule has 0 unspecified atom stereocenters. The first-order valence-electron chi connectivity index (χ1n) is 8.36. The van der Waals surface area contributed by atoms with E-state index >= 15 is 0 Å². The lowest BCUT2D eigenvalue weighted by atomic mass is 10.2. The highest BCUT2D eigenvalue weighted by Crippen LogP contribution is 2.19. The van der Waals surface area contributed by atoms with Gasteiger partial charge in [0, 0.05) is 25.7 Å². The molecule has 0 aliphatic carbocycles. The SMILES string of the molecule is CN=C(NCC(=O)NCc1ccccc1)NCc1ccccc1OC(F)F.I. The first-order valence-corrected chi connectivity index (χ1v) is 8.36. The van der Waals surface area contributed by atoms with Crippen molar-refractivity contribution in [3.63, 3.8) is 0 Å². The smallest absolute Gasteiger partial charge is 0.387 e. The lowest BCUT2D eigenvalue weighted by molar-refractivity contribution is -0.120. The van der Waals surface area contributed by atoms with Gasteiger partial charge >= 0.3 is 6.61 Å². The zero-order valence-corrected chi connectivity index (χ0v) is 17.7. The molecule has 6 nitrogen and oxygen atoms in total. The lowest BCUT2D eigenvalue weighted by Gasteiger charge is -2.14. The maximum absolute atomic E-state index is 12.4. The molecular weight excluding hydrogens is 481 g/mol. The van der Waals surface area contributed by atoms with Gasteiger partial charge in [-0.1, -0.05) is 48.5 Å². The molecule has 0 bridgehead atoms. The normalized spacial score (nSPS) is 10.8. The Bertz CT molecular complexity index is 761. The van der Waals surface area contributed by atoms with Gasteiger partial charge in [0.25, 0.3) is 0 Å². The highest BCUT2D eigenvalue weighted by Gasteiger charge is 2.10. The molecule has 1 amide bonds. The Balaban J connectivity index is 0.00000392. The van der Waals surface area contributed by atoms with E-state index < -0.39 is 6.61 Å². The van der Waals surface area contributed by atoms with Gasteiger partial charge in [0.1, 0.15) is 5.75 Å². The van der Waals surface area contributed by atoms with Crippen molar-refractivity contribution in [2.24, 2.45) is 4.99 Å². The molecule has 0 aliphatic rings. The number of nitrogens with zero attached hydrogens (tertiary/aromatic N) is 1. The summed E-state index contributed by atoms with van der Waals surface area (Å²) < 4.78 is 29.4. The summed E-state index contributed by atoms with van der Waals surface area (Å²) in [6, 6.07) is 16.0. The van der Waals surface area contributed by atoms with Crippen LogP contribution in [0, 0.1) is 0 Å². The van der Waals surface area contributed by atoms with Crippen LogP contribution in [0.3, 0.4) is 0 Å². The summed E-state index contributed by atoms with van der Waals surface area (Å²) in [5, 5.41) is 8.63. The number of nitrogens with one attached hydrogen (secondary N) is 3. The average molecular weight is 504 g/mol. The molecule has 2 aromatic rings. The molecule has 0 spiro atoms. The molecule has 0 aromatic heterocycles. The molecule has 0 aliphatic heterocycles. The van der Waals surface area contributed by atoms with Crippen LogP contribution in [0.2, 0.25) is 0 Å². The van der Waals surface area contributed by atoms with Crippen molar-refractivity contribution >= 4 is 35.8 Å². The summed E-state index contributed by atoms with van der Waals surface area (Å²) in [7, 11) is 1.55. The molecule has 2 rings (SSSR count). The van der Waals surface area contributed by atoms with Crippen LogP contribution in [0.4, 0.5) is 8.78 Å². The standard InChI is InChI=1S/C19H22F2N4O2.HI/c1-22-19(24-12-15-9-5-6-10-16(15)27-18(20)21)25-13-17(26)23-11-14-7-3-2-4-8-14;/h2-10,18H,11-13H2,1H3,(H,23,26)(H2,22,24,25);1H. The van der Waals surface area contributed by atoms with Crippen molar-refractivity contribution < 1.29 is 18.3 Å². The van der Waals surface area contributed by atoms with Crippen LogP contribution in [0.1, 0.15) is 11.1 Å². The molecule has 0 saturated carbocycles. The number of ether oxygens (including phenoxy) is 1. The first-order chi connectivity index (χ1) is 13.1. The molecular formula is C19H23F2IN4O2. The van der Waals surface area contributed by atoms with Crippen LogP contribution in [-0.4, -0.2) is 32.1 Å². The minimum absolute atomic E-state index is 0. The van der Waals surface area contributed by atoms with Gasteiger partial charge in [0.15, 0.2) is 5.96 Å². The third-order valence-corrected chi connectivity index (χ3v) is 3.61. The van der Waals surface area contributed by atoms with Gasteiger partial charge in [-0.3, -0.25) is 9.79 Å². The number of alkyl halides is 2. The molecule has 0 radical (unpaired) electrons. The van der Waals surface area contributed by atoms with Crippen molar-refractivity contribution in [1.82, 2.24) is 16.0 Å². The fraction of sp³-hybridized carbons (Fsp3) is 0.263. The number of benzene rings is 2. The highest BCUT2D eigenvalue weighted by atomic mass is 127. The summed E-state index contributed by atoms with van der Waals surface area (Å²) in [5.74, 6) is 0.274. The predicted molar refractivity (Wildman–Crippen MR) is 115 cm³/mol. The maximum atomic E-state index is 12.4. The Labute approximate surface area is 179 Å². The highest BCUT2D eigenvalue weighted by molar-refractivity contribution is 14.0. The van der Waals surface area contributed by atoms with E-state index in [0.29, 0.717) is 18.1 Å². The Morgan fingerprint density at radius 3 is 2.36 bits per heavy atom. The van der Waals surface area contributed by atoms with Gasteiger partial charge in [-0.05, 0) is 11.6 Å². The fourth-order valence-corrected chi connectivity index (χ4v) is 2.28. The van der Waals surface area contributed by atoms with E-state index in [1.165, 1.54) is 6.07 Å². The minimum Gasteiger partial charge on any atom is -0.434 e. The predicted octanol–water partition coefficient (Wildman–Crippen LogP) is 2.89. The number of carbonyl (C=O) groups excluding carboxylic acids is 1. The molecule has 9 heteroatoms. The fourth-order valence-electron chi connectivity index (χ4n) is 2.28. The Morgan fingerprint density at radius 2 is 1.68 bits per heavy atom. The molecule has 0 heterocycles. The number of amides is 1. The number of hydrogen-bond donors (Lipinski definition) is 3. The average Bonchev–Trinajstić information content (AvgIpc) is 2.68. The zero-order chi connectivity index (χ0) is 19.5. The van der Waals surface area contributed by atoms with Gasteiger partial charge in [-0.2, -0.15) is 8.78 Å². The number of rotatable bonds is 8. The van der Waals surface area contributed by atoms with Crippen LogP contribution in [0.25, 0.3) is 0 Å². The van der Waals surface area contributed by atoms with Gasteiger partial charge in [-0.25, -0.2) is 0 Å². The second kappa shape index (κ2) is 12.9. The van der Waals surface area contributed by atoms with Crippen molar-refractivity contribution in [3.8, 4) is 5.75 Å². The maximum Gasteiger partial charge on any atom is 0.387 e. The van der Waals surface area contributed by atoms with E-state index in [4.69, 9.17) is 0 Å². The number of aliphatic imine (C=N–C) groups is 1. The van der Waals surface area contributed by atoms with E-state index in [9.17, 15) is 13.6 Å². The number of para-hydroxylation sites is 1. The summed E-state index contributed by atoms with van der Waals surface area (Å²) in [4.78, 5) is 15.9. The topological polar surface area (TPSA) is 74.8 Å².